The second-order valence-corrected chi connectivity index (χ2v) is 9.46. The van der Waals surface area contributed by atoms with Crippen LogP contribution in [0.4, 0.5) is 8.78 Å². The summed E-state index contributed by atoms with van der Waals surface area (Å²) < 4.78 is 30.1. The minimum absolute atomic E-state index is 0.0534. The summed E-state index contributed by atoms with van der Waals surface area (Å²) in [5, 5.41) is 3.39. The molecule has 0 spiro atoms. The normalized spacial score (nSPS) is 18.2. The first-order chi connectivity index (χ1) is 15.7. The van der Waals surface area contributed by atoms with Gasteiger partial charge in [0.15, 0.2) is 5.78 Å². The molecular formula is C23H24F2N4O3S. The van der Waals surface area contributed by atoms with E-state index in [-0.39, 0.29) is 31.8 Å². The predicted octanol–water partition coefficient (Wildman–Crippen LogP) is 3.31. The van der Waals surface area contributed by atoms with Gasteiger partial charge in [-0.25, -0.2) is 13.8 Å². The molecule has 4 rings (SSSR count). The summed E-state index contributed by atoms with van der Waals surface area (Å²) in [6.45, 7) is 4.48. The van der Waals surface area contributed by atoms with Crippen molar-refractivity contribution < 1.29 is 23.2 Å². The molecule has 1 N–H and O–H groups in total. The molecule has 2 amide bonds. The monoisotopic (exact) mass is 474 g/mol. The topological polar surface area (TPSA) is 84.3 Å². The minimum Gasteiger partial charge on any atom is -0.350 e. The van der Waals surface area contributed by atoms with Crippen LogP contribution in [0.5, 0.6) is 0 Å². The number of aromatic nitrogens is 2. The van der Waals surface area contributed by atoms with Crippen LogP contribution in [0.25, 0.3) is 10.3 Å². The van der Waals surface area contributed by atoms with E-state index in [4.69, 9.17) is 0 Å². The molecule has 1 aliphatic heterocycles. The van der Waals surface area contributed by atoms with E-state index in [2.05, 4.69) is 10.3 Å². The molecule has 33 heavy (non-hydrogen) atoms. The number of amides is 2. The molecule has 7 nitrogen and oxygen atoms in total. The number of rotatable bonds is 6. The average Bonchev–Trinajstić information content (AvgIpc) is 3.42. The number of carbonyl (C=O) groups excluding carboxylic acids is 3. The van der Waals surface area contributed by atoms with E-state index in [1.54, 1.807) is 35.9 Å². The first kappa shape index (κ1) is 23.0. The zero-order valence-corrected chi connectivity index (χ0v) is 19.3. The van der Waals surface area contributed by atoms with Crippen molar-refractivity contribution in [2.24, 2.45) is 0 Å². The van der Waals surface area contributed by atoms with E-state index in [1.807, 2.05) is 6.92 Å². The van der Waals surface area contributed by atoms with Gasteiger partial charge in [0.05, 0.1) is 17.1 Å². The SMILES string of the molecule is CC(=O)c1cn(CC(=O)N2C[C@H](F)C[C@H]2C(=O)NCc2cccc(C)c2F)c2sc(C)nc12. The zero-order chi connectivity index (χ0) is 23.9. The summed E-state index contributed by atoms with van der Waals surface area (Å²) >= 11 is 1.36. The van der Waals surface area contributed by atoms with E-state index in [0.717, 1.165) is 5.01 Å². The van der Waals surface area contributed by atoms with Crippen LogP contribution in [0, 0.1) is 19.7 Å². The van der Waals surface area contributed by atoms with Gasteiger partial charge in [-0.2, -0.15) is 0 Å². The molecular weight excluding hydrogens is 450 g/mol. The Balaban J connectivity index is 1.50. The number of thiazole rings is 1. The van der Waals surface area contributed by atoms with Gasteiger partial charge in [-0.1, -0.05) is 18.2 Å². The Labute approximate surface area is 193 Å². The second kappa shape index (κ2) is 9.01. The number of nitrogens with zero attached hydrogens (tertiary/aromatic N) is 3. The highest BCUT2D eigenvalue weighted by atomic mass is 32.1. The van der Waals surface area contributed by atoms with Gasteiger partial charge in [-0.05, 0) is 26.3 Å². The van der Waals surface area contributed by atoms with Crippen molar-refractivity contribution in [3.8, 4) is 0 Å². The molecule has 1 fully saturated rings. The highest BCUT2D eigenvalue weighted by Gasteiger charge is 2.39. The number of fused-ring (bicyclic) bond motifs is 1. The summed E-state index contributed by atoms with van der Waals surface area (Å²) in [4.78, 5) is 44.1. The van der Waals surface area contributed by atoms with Crippen LogP contribution < -0.4 is 5.32 Å². The van der Waals surface area contributed by atoms with Crippen LogP contribution in [0.15, 0.2) is 24.4 Å². The van der Waals surface area contributed by atoms with Crippen LogP contribution in [0.3, 0.4) is 0 Å². The van der Waals surface area contributed by atoms with Crippen molar-refractivity contribution in [2.75, 3.05) is 6.54 Å². The molecule has 0 saturated carbocycles. The van der Waals surface area contributed by atoms with E-state index in [0.29, 0.717) is 27.0 Å². The van der Waals surface area contributed by atoms with Crippen molar-refractivity contribution in [1.29, 1.82) is 0 Å². The number of likely N-dealkylation sites (tertiary alicyclic amines) is 1. The summed E-state index contributed by atoms with van der Waals surface area (Å²) in [6, 6.07) is 3.91. The number of aryl methyl sites for hydroxylation is 2. The van der Waals surface area contributed by atoms with Gasteiger partial charge < -0.3 is 14.8 Å². The fourth-order valence-electron chi connectivity index (χ4n) is 4.13. The molecule has 0 unspecified atom stereocenters. The smallest absolute Gasteiger partial charge is 0.243 e. The second-order valence-electron chi connectivity index (χ2n) is 8.27. The Morgan fingerprint density at radius 1 is 1.27 bits per heavy atom. The molecule has 0 radical (unpaired) electrons. The van der Waals surface area contributed by atoms with E-state index < -0.39 is 29.8 Å². The number of halogens is 2. The first-order valence-electron chi connectivity index (χ1n) is 10.6. The quantitative estimate of drug-likeness (QED) is 0.556. The van der Waals surface area contributed by atoms with Gasteiger partial charge in [0.1, 0.15) is 34.9 Å². The van der Waals surface area contributed by atoms with Crippen LogP contribution in [-0.4, -0.2) is 50.8 Å². The number of nitrogens with one attached hydrogen (secondary N) is 1. The van der Waals surface area contributed by atoms with Gasteiger partial charge in [0, 0.05) is 24.7 Å². The largest absolute Gasteiger partial charge is 0.350 e. The molecule has 0 aliphatic carbocycles. The van der Waals surface area contributed by atoms with E-state index in [1.165, 1.54) is 23.2 Å². The van der Waals surface area contributed by atoms with Crippen molar-refractivity contribution in [1.82, 2.24) is 19.8 Å². The standard InChI is InChI=1S/C23H24F2N4O3S/c1-12-5-4-6-15(20(12)25)8-26-22(32)18-7-16(24)9-29(18)19(31)11-28-10-17(13(2)30)21-23(28)33-14(3)27-21/h4-6,10,16,18H,7-9,11H2,1-3H3,(H,26,32)/t16-,18+/m1/s1. The number of hydrogen-bond acceptors (Lipinski definition) is 5. The maximum Gasteiger partial charge on any atom is 0.243 e. The first-order valence-corrected chi connectivity index (χ1v) is 11.4. The fourth-order valence-corrected chi connectivity index (χ4v) is 5.03. The highest BCUT2D eigenvalue weighted by molar-refractivity contribution is 7.18. The van der Waals surface area contributed by atoms with Gasteiger partial charge in [-0.15, -0.1) is 11.3 Å². The molecule has 3 heterocycles. The van der Waals surface area contributed by atoms with Gasteiger partial charge in [-0.3, -0.25) is 14.4 Å². The number of alkyl halides is 1. The molecule has 0 bridgehead atoms. The third-order valence-corrected chi connectivity index (χ3v) is 6.81. The lowest BCUT2D eigenvalue weighted by Crippen LogP contribution is -2.46. The third kappa shape index (κ3) is 4.52. The van der Waals surface area contributed by atoms with Crippen molar-refractivity contribution in [3.63, 3.8) is 0 Å². The summed E-state index contributed by atoms with van der Waals surface area (Å²) in [6.07, 6.45) is 0.128. The molecule has 2 atom stereocenters. The van der Waals surface area contributed by atoms with Crippen LogP contribution in [0.1, 0.15) is 39.8 Å². The number of Topliss-reactive ketones (excluding diaryl/α,β-unsaturated/α-hetero) is 1. The number of hydrogen-bond donors (Lipinski definition) is 1. The van der Waals surface area contributed by atoms with Gasteiger partial charge in [0.25, 0.3) is 0 Å². The van der Waals surface area contributed by atoms with Crippen LogP contribution in [-0.2, 0) is 22.7 Å². The highest BCUT2D eigenvalue weighted by Crippen LogP contribution is 2.28. The summed E-state index contributed by atoms with van der Waals surface area (Å²) in [5.41, 5.74) is 1.74. The lowest BCUT2D eigenvalue weighted by molar-refractivity contribution is -0.139. The van der Waals surface area contributed by atoms with E-state index in [9.17, 15) is 23.2 Å². The Morgan fingerprint density at radius 2 is 2.03 bits per heavy atom. The van der Waals surface area contributed by atoms with E-state index >= 15 is 0 Å². The lowest BCUT2D eigenvalue weighted by atomic mass is 10.1. The Kier molecular flexibility index (Phi) is 6.29. The molecule has 10 heteroatoms. The minimum atomic E-state index is -1.33. The number of carbonyl (C=O) groups is 3. The van der Waals surface area contributed by atoms with Crippen LogP contribution >= 0.6 is 11.3 Å². The average molecular weight is 475 g/mol. The Bertz CT molecular complexity index is 1250. The Morgan fingerprint density at radius 3 is 2.76 bits per heavy atom. The van der Waals surface area contributed by atoms with Gasteiger partial charge in [0.2, 0.25) is 11.8 Å². The van der Waals surface area contributed by atoms with Crippen molar-refractivity contribution in [2.45, 2.75) is 52.5 Å². The fraction of sp³-hybridized carbons (Fsp3) is 0.391. The molecule has 2 aromatic heterocycles. The molecule has 1 aliphatic rings. The molecule has 1 aromatic carbocycles. The molecule has 174 valence electrons. The van der Waals surface area contributed by atoms with Gasteiger partial charge >= 0.3 is 0 Å². The maximum atomic E-state index is 14.2. The van der Waals surface area contributed by atoms with Crippen molar-refractivity contribution >= 4 is 39.3 Å². The lowest BCUT2D eigenvalue weighted by Gasteiger charge is -2.24. The summed E-state index contributed by atoms with van der Waals surface area (Å²) in [7, 11) is 0. The zero-order valence-electron chi connectivity index (χ0n) is 18.5. The summed E-state index contributed by atoms with van der Waals surface area (Å²) in [5.74, 6) is -1.53. The number of ketones is 1. The number of benzene rings is 1. The van der Waals surface area contributed by atoms with Crippen molar-refractivity contribution in [3.05, 3.63) is 51.9 Å². The third-order valence-electron chi connectivity index (χ3n) is 5.80. The molecule has 1 saturated heterocycles. The maximum absolute atomic E-state index is 14.2. The van der Waals surface area contributed by atoms with Crippen LogP contribution in [0.2, 0.25) is 0 Å². The Hall–Kier alpha value is -3.14. The molecule has 3 aromatic rings. The predicted molar refractivity (Wildman–Crippen MR) is 120 cm³/mol.